The van der Waals surface area contributed by atoms with Gasteiger partial charge in [0.2, 0.25) is 11.8 Å². The molecular formula is C24H33N5O5. The molecule has 0 saturated carbocycles. The van der Waals surface area contributed by atoms with Crippen molar-refractivity contribution in [2.24, 2.45) is 7.05 Å². The summed E-state index contributed by atoms with van der Waals surface area (Å²) in [6.07, 6.45) is 1.08. The lowest BCUT2D eigenvalue weighted by Gasteiger charge is -2.35. The minimum Gasteiger partial charge on any atom is -0.444 e. The van der Waals surface area contributed by atoms with Crippen LogP contribution in [-0.2, 0) is 27.8 Å². The van der Waals surface area contributed by atoms with Gasteiger partial charge in [-0.05, 0) is 51.3 Å². The van der Waals surface area contributed by atoms with Gasteiger partial charge in [-0.15, -0.1) is 0 Å². The Labute approximate surface area is 198 Å². The van der Waals surface area contributed by atoms with Gasteiger partial charge in [-0.3, -0.25) is 28.9 Å². The summed E-state index contributed by atoms with van der Waals surface area (Å²) < 4.78 is 8.51. The summed E-state index contributed by atoms with van der Waals surface area (Å²) in [7, 11) is 1.70. The Morgan fingerprint density at radius 1 is 1.09 bits per heavy atom. The second kappa shape index (κ2) is 9.25. The first kappa shape index (κ1) is 24.0. The van der Waals surface area contributed by atoms with Gasteiger partial charge < -0.3 is 9.64 Å². The highest BCUT2D eigenvalue weighted by Gasteiger charge is 2.31. The monoisotopic (exact) mass is 471 g/mol. The standard InChI is InChI=1S/C24H33N5O5/c1-24(2,3)34-23(33)28-13-11-27(12-14-28)10-9-16-5-6-17-19(15-16)26(4)22(32)29(17)18-7-8-20(30)25-21(18)31/h5-6,15,18H,7-14H2,1-4H3,(H,25,30,31). The molecule has 4 rings (SSSR count). The molecule has 2 aliphatic rings. The molecule has 0 spiro atoms. The number of carbonyl (C=O) groups excluding carboxylic acids is 3. The number of fused-ring (bicyclic) bond motifs is 1. The molecule has 0 aliphatic carbocycles. The lowest BCUT2D eigenvalue weighted by molar-refractivity contribution is -0.135. The van der Waals surface area contributed by atoms with Crippen LogP contribution in [0.3, 0.4) is 0 Å². The van der Waals surface area contributed by atoms with Gasteiger partial charge in [-0.1, -0.05) is 6.07 Å². The fraction of sp³-hybridized carbons (Fsp3) is 0.583. The molecule has 10 heteroatoms. The fourth-order valence-corrected chi connectivity index (χ4v) is 4.56. The number of rotatable bonds is 4. The SMILES string of the molecule is Cn1c(=O)n(C2CCC(=O)NC2=O)c2ccc(CCN3CCN(C(=O)OC(C)(C)C)CC3)cc21. The van der Waals surface area contributed by atoms with Crippen molar-refractivity contribution in [3.8, 4) is 0 Å². The van der Waals surface area contributed by atoms with E-state index in [-0.39, 0.29) is 24.1 Å². The lowest BCUT2D eigenvalue weighted by atomic mass is 10.1. The molecule has 1 N–H and O–H groups in total. The second-order valence-corrected chi connectivity index (χ2v) is 10.1. The van der Waals surface area contributed by atoms with Gasteiger partial charge in [-0.25, -0.2) is 9.59 Å². The van der Waals surface area contributed by atoms with Crippen LogP contribution in [0, 0.1) is 0 Å². The van der Waals surface area contributed by atoms with Crippen molar-refractivity contribution >= 4 is 28.9 Å². The summed E-state index contributed by atoms with van der Waals surface area (Å²) in [5.74, 6) is -0.732. The van der Waals surface area contributed by atoms with E-state index in [0.717, 1.165) is 37.1 Å². The number of hydrogen-bond donors (Lipinski definition) is 1. The molecule has 1 aromatic heterocycles. The van der Waals surface area contributed by atoms with Crippen LogP contribution in [0.1, 0.15) is 45.2 Å². The van der Waals surface area contributed by atoms with Crippen LogP contribution in [0.15, 0.2) is 23.0 Å². The molecule has 10 nitrogen and oxygen atoms in total. The number of benzene rings is 1. The predicted octanol–water partition coefficient (Wildman–Crippen LogP) is 1.41. The molecule has 1 aromatic carbocycles. The first-order chi connectivity index (χ1) is 16.0. The van der Waals surface area contributed by atoms with E-state index >= 15 is 0 Å². The molecule has 1 atom stereocenters. The van der Waals surface area contributed by atoms with E-state index in [9.17, 15) is 19.2 Å². The van der Waals surface area contributed by atoms with Crippen LogP contribution in [-0.4, -0.2) is 75.2 Å². The van der Waals surface area contributed by atoms with Gasteiger partial charge in [0.15, 0.2) is 0 Å². The number of nitrogens with zero attached hydrogens (tertiary/aromatic N) is 4. The molecule has 1 unspecified atom stereocenters. The van der Waals surface area contributed by atoms with E-state index in [2.05, 4.69) is 10.2 Å². The number of aryl methyl sites for hydroxylation is 1. The number of imidazole rings is 1. The van der Waals surface area contributed by atoms with Crippen molar-refractivity contribution in [1.29, 1.82) is 0 Å². The first-order valence-corrected chi connectivity index (χ1v) is 11.8. The minimum atomic E-state index is -0.680. The molecule has 2 aliphatic heterocycles. The molecule has 2 aromatic rings. The topological polar surface area (TPSA) is 106 Å². The normalized spacial score (nSPS) is 20.0. The van der Waals surface area contributed by atoms with Crippen molar-refractivity contribution in [3.63, 3.8) is 0 Å². The summed E-state index contributed by atoms with van der Waals surface area (Å²) >= 11 is 0. The number of aromatic nitrogens is 2. The van der Waals surface area contributed by atoms with Gasteiger partial charge >= 0.3 is 11.8 Å². The minimum absolute atomic E-state index is 0.221. The Hall–Kier alpha value is -3.14. The van der Waals surface area contributed by atoms with E-state index in [1.54, 1.807) is 16.5 Å². The van der Waals surface area contributed by atoms with Crippen molar-refractivity contribution in [2.45, 2.75) is 51.7 Å². The van der Waals surface area contributed by atoms with Crippen LogP contribution >= 0.6 is 0 Å². The number of hydrogen-bond acceptors (Lipinski definition) is 6. The number of carbonyl (C=O) groups is 3. The number of amides is 3. The number of piperidine rings is 1. The van der Waals surface area contributed by atoms with E-state index < -0.39 is 17.6 Å². The quantitative estimate of drug-likeness (QED) is 0.676. The third-order valence-corrected chi connectivity index (χ3v) is 6.42. The number of piperazine rings is 1. The van der Waals surface area contributed by atoms with Crippen LogP contribution in [0.5, 0.6) is 0 Å². The Balaban J connectivity index is 1.40. The maximum absolute atomic E-state index is 12.9. The zero-order chi connectivity index (χ0) is 24.6. The van der Waals surface area contributed by atoms with Crippen molar-refractivity contribution in [2.75, 3.05) is 32.7 Å². The van der Waals surface area contributed by atoms with Crippen LogP contribution in [0.25, 0.3) is 11.0 Å². The average Bonchev–Trinajstić information content (AvgIpc) is 3.01. The van der Waals surface area contributed by atoms with E-state index in [1.807, 2.05) is 39.0 Å². The van der Waals surface area contributed by atoms with Crippen LogP contribution in [0.2, 0.25) is 0 Å². The first-order valence-electron chi connectivity index (χ1n) is 11.8. The zero-order valence-corrected chi connectivity index (χ0v) is 20.3. The molecular weight excluding hydrogens is 438 g/mol. The Kier molecular flexibility index (Phi) is 6.53. The second-order valence-electron chi connectivity index (χ2n) is 10.1. The third kappa shape index (κ3) is 5.01. The Morgan fingerprint density at radius 2 is 1.79 bits per heavy atom. The summed E-state index contributed by atoms with van der Waals surface area (Å²) in [5, 5.41) is 2.33. The predicted molar refractivity (Wildman–Crippen MR) is 127 cm³/mol. The van der Waals surface area contributed by atoms with Crippen molar-refractivity contribution in [1.82, 2.24) is 24.3 Å². The highest BCUT2D eigenvalue weighted by atomic mass is 16.6. The summed E-state index contributed by atoms with van der Waals surface area (Å²) in [4.78, 5) is 53.1. The number of nitrogens with one attached hydrogen (secondary N) is 1. The maximum Gasteiger partial charge on any atom is 0.410 e. The molecule has 184 valence electrons. The van der Waals surface area contributed by atoms with E-state index in [1.165, 1.54) is 4.57 Å². The lowest BCUT2D eigenvalue weighted by Crippen LogP contribution is -2.50. The highest BCUT2D eigenvalue weighted by molar-refractivity contribution is 6.00. The van der Waals surface area contributed by atoms with Gasteiger partial charge in [0, 0.05) is 46.2 Å². The summed E-state index contributed by atoms with van der Waals surface area (Å²) in [6.45, 7) is 9.29. The van der Waals surface area contributed by atoms with Crippen molar-refractivity contribution in [3.05, 3.63) is 34.2 Å². The van der Waals surface area contributed by atoms with E-state index in [0.29, 0.717) is 25.0 Å². The molecule has 2 fully saturated rings. The molecule has 3 amide bonds. The molecule has 3 heterocycles. The van der Waals surface area contributed by atoms with Crippen LogP contribution in [0.4, 0.5) is 4.79 Å². The number of imide groups is 1. The van der Waals surface area contributed by atoms with Gasteiger partial charge in [0.25, 0.3) is 0 Å². The van der Waals surface area contributed by atoms with Gasteiger partial charge in [0.05, 0.1) is 11.0 Å². The van der Waals surface area contributed by atoms with Gasteiger partial charge in [0.1, 0.15) is 11.6 Å². The van der Waals surface area contributed by atoms with Crippen molar-refractivity contribution < 1.29 is 19.1 Å². The van der Waals surface area contributed by atoms with Gasteiger partial charge in [-0.2, -0.15) is 0 Å². The molecule has 2 saturated heterocycles. The third-order valence-electron chi connectivity index (χ3n) is 6.42. The fourth-order valence-electron chi connectivity index (χ4n) is 4.56. The summed E-state index contributed by atoms with van der Waals surface area (Å²) in [6, 6.07) is 5.19. The Bertz CT molecular complexity index is 1170. The molecule has 0 bridgehead atoms. The zero-order valence-electron chi connectivity index (χ0n) is 20.3. The average molecular weight is 472 g/mol. The summed E-state index contributed by atoms with van der Waals surface area (Å²) in [5.41, 5.74) is 1.79. The molecule has 0 radical (unpaired) electrons. The van der Waals surface area contributed by atoms with Crippen LogP contribution < -0.4 is 11.0 Å². The maximum atomic E-state index is 12.9. The highest BCUT2D eigenvalue weighted by Crippen LogP contribution is 2.24. The largest absolute Gasteiger partial charge is 0.444 e. The van der Waals surface area contributed by atoms with E-state index in [4.69, 9.17) is 4.74 Å². The molecule has 34 heavy (non-hydrogen) atoms. The number of ether oxygens (including phenoxy) is 1. The Morgan fingerprint density at radius 3 is 2.44 bits per heavy atom. The smallest absolute Gasteiger partial charge is 0.410 e.